The molecule has 0 fully saturated rings. The number of halogens is 1. The highest BCUT2D eigenvalue weighted by atomic mass is 35.5. The maximum Gasteiger partial charge on any atom is 0.337 e. The molecule has 0 aliphatic heterocycles. The number of carbonyl (C=O) groups excluding carboxylic acids is 2. The van der Waals surface area contributed by atoms with Crippen molar-refractivity contribution in [1.82, 2.24) is 0 Å². The summed E-state index contributed by atoms with van der Waals surface area (Å²) in [6.07, 6.45) is 0. The second kappa shape index (κ2) is 13.1. The highest BCUT2D eigenvalue weighted by molar-refractivity contribution is 8.00. The summed E-state index contributed by atoms with van der Waals surface area (Å²) in [6.45, 7) is 0. The standard InChI is InChI=1S/C30H25ClN2O6S/c1-38-24-9-6-10-25(39-2)26(24)28(34)32-19-11-14-21(15-12-19)40-27(18-7-4-3-5-8-18)29(35)33-20-13-16-23(31)22(17-20)30(36)37/h3-17,27H,1-2H3,(H,32,34)(H,33,35)(H,36,37). The SMILES string of the molecule is COc1cccc(OC)c1C(=O)Nc1ccc(SC(C(=O)Nc2ccc(Cl)c(C(=O)O)c2)c2ccccc2)cc1. The summed E-state index contributed by atoms with van der Waals surface area (Å²) < 4.78 is 10.6. The van der Waals surface area contributed by atoms with Crippen molar-refractivity contribution in [1.29, 1.82) is 0 Å². The molecule has 0 heterocycles. The number of carboxylic acid groups (broad SMARTS) is 1. The van der Waals surface area contributed by atoms with E-state index in [1.165, 1.54) is 38.1 Å². The van der Waals surface area contributed by atoms with Gasteiger partial charge in [-0.2, -0.15) is 0 Å². The van der Waals surface area contributed by atoms with E-state index in [9.17, 15) is 19.5 Å². The highest BCUT2D eigenvalue weighted by Gasteiger charge is 2.23. The summed E-state index contributed by atoms with van der Waals surface area (Å²) >= 11 is 7.28. The van der Waals surface area contributed by atoms with Crippen molar-refractivity contribution in [2.45, 2.75) is 10.1 Å². The van der Waals surface area contributed by atoms with Crippen LogP contribution in [0.1, 0.15) is 31.5 Å². The third-order valence-corrected chi connectivity index (χ3v) is 7.42. The molecule has 1 atom stereocenters. The minimum absolute atomic E-state index is 0.0795. The Labute approximate surface area is 240 Å². The van der Waals surface area contributed by atoms with Gasteiger partial charge in [0.15, 0.2) is 0 Å². The second-order valence-electron chi connectivity index (χ2n) is 8.41. The molecule has 204 valence electrons. The first-order chi connectivity index (χ1) is 19.3. The summed E-state index contributed by atoms with van der Waals surface area (Å²) in [5.74, 6) is -1.14. The predicted molar refractivity (Wildman–Crippen MR) is 156 cm³/mol. The van der Waals surface area contributed by atoms with Crippen molar-refractivity contribution in [2.75, 3.05) is 24.9 Å². The Kier molecular flexibility index (Phi) is 9.31. The number of nitrogens with one attached hydrogen (secondary N) is 2. The van der Waals surface area contributed by atoms with Crippen LogP contribution in [0.5, 0.6) is 11.5 Å². The summed E-state index contributed by atoms with van der Waals surface area (Å²) in [7, 11) is 2.96. The Bertz CT molecular complexity index is 1510. The molecule has 2 amide bonds. The number of thioether (sulfide) groups is 1. The van der Waals surface area contributed by atoms with E-state index in [4.69, 9.17) is 21.1 Å². The minimum Gasteiger partial charge on any atom is -0.496 e. The summed E-state index contributed by atoms with van der Waals surface area (Å²) in [4.78, 5) is 38.6. The molecule has 0 bridgehead atoms. The van der Waals surface area contributed by atoms with Gasteiger partial charge < -0.3 is 25.2 Å². The van der Waals surface area contributed by atoms with Gasteiger partial charge in [0.2, 0.25) is 5.91 Å². The Morgan fingerprint density at radius 3 is 2.02 bits per heavy atom. The number of hydrogen-bond acceptors (Lipinski definition) is 6. The van der Waals surface area contributed by atoms with Crippen LogP contribution in [0.15, 0.2) is 95.9 Å². The first-order valence-electron chi connectivity index (χ1n) is 12.0. The second-order valence-corrected chi connectivity index (χ2v) is 10.00. The van der Waals surface area contributed by atoms with Gasteiger partial charge in [-0.15, -0.1) is 11.8 Å². The number of anilines is 2. The zero-order valence-electron chi connectivity index (χ0n) is 21.5. The maximum atomic E-state index is 13.4. The van der Waals surface area contributed by atoms with Crippen molar-refractivity contribution in [2.24, 2.45) is 0 Å². The quantitative estimate of drug-likeness (QED) is 0.178. The molecule has 4 aromatic rings. The largest absolute Gasteiger partial charge is 0.496 e. The molecule has 0 saturated carbocycles. The average Bonchev–Trinajstić information content (AvgIpc) is 2.97. The molecule has 0 spiro atoms. The molecule has 4 aromatic carbocycles. The number of methoxy groups -OCH3 is 2. The number of carbonyl (C=O) groups is 3. The fourth-order valence-corrected chi connectivity index (χ4v) is 5.12. The maximum absolute atomic E-state index is 13.4. The molecule has 0 aliphatic carbocycles. The fourth-order valence-electron chi connectivity index (χ4n) is 3.90. The van der Waals surface area contributed by atoms with E-state index in [0.717, 1.165) is 10.5 Å². The Hall–Kier alpha value is -4.47. The molecule has 40 heavy (non-hydrogen) atoms. The summed E-state index contributed by atoms with van der Waals surface area (Å²) in [6, 6.07) is 25.7. The number of amides is 2. The smallest absolute Gasteiger partial charge is 0.337 e. The Morgan fingerprint density at radius 2 is 1.43 bits per heavy atom. The zero-order valence-corrected chi connectivity index (χ0v) is 23.1. The predicted octanol–water partition coefficient (Wildman–Crippen LogP) is 6.78. The van der Waals surface area contributed by atoms with Crippen LogP contribution in [0.25, 0.3) is 0 Å². The molecule has 0 saturated heterocycles. The molecular weight excluding hydrogens is 552 g/mol. The third-order valence-electron chi connectivity index (χ3n) is 5.83. The molecular formula is C30H25ClN2O6S. The first kappa shape index (κ1) is 28.5. The van der Waals surface area contributed by atoms with Crippen LogP contribution in [0.2, 0.25) is 5.02 Å². The number of ether oxygens (including phenoxy) is 2. The van der Waals surface area contributed by atoms with Gasteiger partial charge in [-0.3, -0.25) is 9.59 Å². The van der Waals surface area contributed by atoms with E-state index < -0.39 is 11.2 Å². The van der Waals surface area contributed by atoms with E-state index in [0.29, 0.717) is 22.9 Å². The van der Waals surface area contributed by atoms with E-state index in [2.05, 4.69) is 10.6 Å². The molecule has 0 radical (unpaired) electrons. The molecule has 0 aliphatic rings. The van der Waals surface area contributed by atoms with Gasteiger partial charge in [-0.1, -0.05) is 48.0 Å². The number of aromatic carboxylic acids is 1. The van der Waals surface area contributed by atoms with Crippen LogP contribution in [-0.4, -0.2) is 37.1 Å². The third kappa shape index (κ3) is 6.74. The highest BCUT2D eigenvalue weighted by Crippen LogP contribution is 2.37. The van der Waals surface area contributed by atoms with Crippen molar-refractivity contribution < 1.29 is 29.0 Å². The van der Waals surface area contributed by atoms with E-state index in [1.807, 2.05) is 30.3 Å². The summed E-state index contributed by atoms with van der Waals surface area (Å²) in [5.41, 5.74) is 1.80. The van der Waals surface area contributed by atoms with Crippen molar-refractivity contribution in [3.05, 3.63) is 113 Å². The van der Waals surface area contributed by atoms with Gasteiger partial charge in [-0.25, -0.2) is 4.79 Å². The van der Waals surface area contributed by atoms with Gasteiger partial charge >= 0.3 is 5.97 Å². The molecule has 10 heteroatoms. The van der Waals surface area contributed by atoms with E-state index >= 15 is 0 Å². The van der Waals surface area contributed by atoms with Crippen molar-refractivity contribution in [3.8, 4) is 11.5 Å². The van der Waals surface area contributed by atoms with Gasteiger partial charge in [-0.05, 0) is 60.2 Å². The zero-order chi connectivity index (χ0) is 28.6. The van der Waals surface area contributed by atoms with E-state index in [1.54, 1.807) is 48.5 Å². The van der Waals surface area contributed by atoms with Crippen molar-refractivity contribution in [3.63, 3.8) is 0 Å². The molecule has 0 aromatic heterocycles. The van der Waals surface area contributed by atoms with Crippen LogP contribution < -0.4 is 20.1 Å². The van der Waals surface area contributed by atoms with E-state index in [-0.39, 0.29) is 28.0 Å². The number of carboxylic acids is 1. The Morgan fingerprint density at radius 1 is 0.800 bits per heavy atom. The normalized spacial score (nSPS) is 11.3. The number of hydrogen-bond donors (Lipinski definition) is 3. The molecule has 4 rings (SSSR count). The van der Waals surface area contributed by atoms with Crippen molar-refractivity contribution >= 4 is 52.5 Å². The molecule has 1 unspecified atom stereocenters. The minimum atomic E-state index is -1.19. The number of benzene rings is 4. The summed E-state index contributed by atoms with van der Waals surface area (Å²) in [5, 5.41) is 14.4. The lowest BCUT2D eigenvalue weighted by atomic mass is 10.1. The van der Waals surface area contributed by atoms with Crippen LogP contribution in [0, 0.1) is 0 Å². The van der Waals surface area contributed by atoms with Crippen LogP contribution in [0.4, 0.5) is 11.4 Å². The Balaban J connectivity index is 1.53. The number of rotatable bonds is 10. The van der Waals surface area contributed by atoms with Crippen LogP contribution in [-0.2, 0) is 4.79 Å². The first-order valence-corrected chi connectivity index (χ1v) is 13.2. The van der Waals surface area contributed by atoms with Gasteiger partial charge in [0.1, 0.15) is 22.3 Å². The van der Waals surface area contributed by atoms with Gasteiger partial charge in [0.05, 0.1) is 24.8 Å². The molecule has 3 N–H and O–H groups in total. The monoisotopic (exact) mass is 576 g/mol. The molecule has 8 nitrogen and oxygen atoms in total. The lowest BCUT2D eigenvalue weighted by molar-refractivity contribution is -0.115. The fraction of sp³-hybridized carbons (Fsp3) is 0.100. The van der Waals surface area contributed by atoms with Crippen LogP contribution in [0.3, 0.4) is 0 Å². The van der Waals surface area contributed by atoms with Crippen LogP contribution >= 0.6 is 23.4 Å². The lowest BCUT2D eigenvalue weighted by Gasteiger charge is -2.18. The van der Waals surface area contributed by atoms with Gasteiger partial charge in [0.25, 0.3) is 5.91 Å². The topological polar surface area (TPSA) is 114 Å². The average molecular weight is 577 g/mol. The van der Waals surface area contributed by atoms with Gasteiger partial charge in [0, 0.05) is 16.3 Å². The lowest BCUT2D eigenvalue weighted by Crippen LogP contribution is -2.19.